The number of ether oxygens (including phenoxy) is 1. The number of carbonyl (C=O) groups is 2. The maximum Gasteiger partial charge on any atom is 0.411 e. The van der Waals surface area contributed by atoms with Crippen molar-refractivity contribution in [2.24, 2.45) is 0 Å². The largest absolute Gasteiger partial charge is 0.411 e. The molecule has 0 saturated heterocycles. The maximum atomic E-state index is 12.3. The zero-order valence-corrected chi connectivity index (χ0v) is 13.2. The second-order valence-electron chi connectivity index (χ2n) is 5.56. The summed E-state index contributed by atoms with van der Waals surface area (Å²) < 4.78 is 40.6. The average Bonchev–Trinajstić information content (AvgIpc) is 2.56. The van der Waals surface area contributed by atoms with Crippen molar-refractivity contribution in [3.05, 3.63) is 29.8 Å². The van der Waals surface area contributed by atoms with Crippen molar-refractivity contribution < 1.29 is 27.5 Å². The van der Waals surface area contributed by atoms with Gasteiger partial charge in [0.2, 0.25) is 11.8 Å². The standard InChI is InChI=1S/C16H19F3N2O3/c1-11(24-10-16(17,18)19)15(23)20-9-14(22)21-8-4-6-12-5-2-3-7-13(12)21/h2-3,5,7,11H,4,6,8-10H2,1H3,(H,20,23)/t11-/m1/s1. The first kappa shape index (κ1) is 18.3. The van der Waals surface area contributed by atoms with Crippen molar-refractivity contribution in [1.82, 2.24) is 5.32 Å². The Morgan fingerprint density at radius 1 is 1.33 bits per heavy atom. The summed E-state index contributed by atoms with van der Waals surface area (Å²) in [6, 6.07) is 7.51. The van der Waals surface area contributed by atoms with Gasteiger partial charge in [0.15, 0.2) is 0 Å². The molecule has 8 heteroatoms. The molecule has 0 aliphatic carbocycles. The zero-order valence-electron chi connectivity index (χ0n) is 13.2. The molecule has 0 saturated carbocycles. The van der Waals surface area contributed by atoms with E-state index in [0.717, 1.165) is 24.1 Å². The number of para-hydroxylation sites is 1. The summed E-state index contributed by atoms with van der Waals surface area (Å²) in [6.07, 6.45) is -4.08. The summed E-state index contributed by atoms with van der Waals surface area (Å²) in [4.78, 5) is 25.6. The minimum Gasteiger partial charge on any atom is -0.359 e. The van der Waals surface area contributed by atoms with Gasteiger partial charge in [0.1, 0.15) is 12.7 Å². The van der Waals surface area contributed by atoms with Crippen LogP contribution in [-0.4, -0.2) is 43.8 Å². The molecule has 24 heavy (non-hydrogen) atoms. The van der Waals surface area contributed by atoms with Gasteiger partial charge in [-0.05, 0) is 31.4 Å². The molecule has 1 aromatic rings. The van der Waals surface area contributed by atoms with E-state index in [1.807, 2.05) is 24.3 Å². The van der Waals surface area contributed by atoms with Gasteiger partial charge in [0.25, 0.3) is 0 Å². The number of rotatable bonds is 5. The fourth-order valence-electron chi connectivity index (χ4n) is 2.49. The number of nitrogens with one attached hydrogen (secondary N) is 1. The minimum atomic E-state index is -4.50. The number of nitrogens with zero attached hydrogens (tertiary/aromatic N) is 1. The van der Waals surface area contributed by atoms with Gasteiger partial charge in [-0.1, -0.05) is 18.2 Å². The van der Waals surface area contributed by atoms with Crippen LogP contribution in [0.5, 0.6) is 0 Å². The van der Waals surface area contributed by atoms with Gasteiger partial charge in [-0.2, -0.15) is 13.2 Å². The SMILES string of the molecule is C[C@@H](OCC(F)(F)F)C(=O)NCC(=O)N1CCCc2ccccc21. The summed E-state index contributed by atoms with van der Waals surface area (Å²) in [5, 5.41) is 2.32. The lowest BCUT2D eigenvalue weighted by Crippen LogP contribution is -2.45. The third-order valence-electron chi connectivity index (χ3n) is 3.69. The van der Waals surface area contributed by atoms with E-state index >= 15 is 0 Å². The Morgan fingerprint density at radius 3 is 2.75 bits per heavy atom. The molecule has 0 aromatic heterocycles. The van der Waals surface area contributed by atoms with Gasteiger partial charge < -0.3 is 15.0 Å². The molecule has 132 valence electrons. The second kappa shape index (κ2) is 7.65. The predicted octanol–water partition coefficient (Wildman–Crippen LogP) is 2.05. The number of amides is 2. The van der Waals surface area contributed by atoms with Gasteiger partial charge in [0, 0.05) is 12.2 Å². The molecular weight excluding hydrogens is 325 g/mol. The monoisotopic (exact) mass is 344 g/mol. The van der Waals surface area contributed by atoms with E-state index in [2.05, 4.69) is 10.1 Å². The number of benzene rings is 1. The number of alkyl halides is 3. The number of aryl methyl sites for hydroxylation is 1. The third-order valence-corrected chi connectivity index (χ3v) is 3.69. The van der Waals surface area contributed by atoms with Crippen molar-refractivity contribution in [3.8, 4) is 0 Å². The zero-order chi connectivity index (χ0) is 17.7. The van der Waals surface area contributed by atoms with Crippen LogP contribution in [0.4, 0.5) is 18.9 Å². The lowest BCUT2D eigenvalue weighted by Gasteiger charge is -2.29. The normalized spacial score (nSPS) is 15.6. The molecule has 0 fully saturated rings. The van der Waals surface area contributed by atoms with Crippen LogP contribution in [0.15, 0.2) is 24.3 Å². The van der Waals surface area contributed by atoms with E-state index in [-0.39, 0.29) is 12.5 Å². The first-order chi connectivity index (χ1) is 11.3. The van der Waals surface area contributed by atoms with E-state index in [0.29, 0.717) is 6.54 Å². The summed E-state index contributed by atoms with van der Waals surface area (Å²) in [5.41, 5.74) is 1.87. The molecule has 2 amide bonds. The van der Waals surface area contributed by atoms with Crippen LogP contribution in [0, 0.1) is 0 Å². The molecule has 0 bridgehead atoms. The topological polar surface area (TPSA) is 58.6 Å². The van der Waals surface area contributed by atoms with Gasteiger partial charge in [-0.15, -0.1) is 0 Å². The fraction of sp³-hybridized carbons (Fsp3) is 0.500. The maximum absolute atomic E-state index is 12.3. The third kappa shape index (κ3) is 4.95. The van der Waals surface area contributed by atoms with Crippen molar-refractivity contribution in [2.75, 3.05) is 24.6 Å². The smallest absolute Gasteiger partial charge is 0.359 e. The molecular formula is C16H19F3N2O3. The first-order valence-electron chi connectivity index (χ1n) is 7.62. The van der Waals surface area contributed by atoms with Crippen LogP contribution in [0.2, 0.25) is 0 Å². The van der Waals surface area contributed by atoms with Crippen molar-refractivity contribution in [1.29, 1.82) is 0 Å². The Bertz CT molecular complexity index is 604. The van der Waals surface area contributed by atoms with Crippen LogP contribution in [-0.2, 0) is 20.7 Å². The highest BCUT2D eigenvalue weighted by Gasteiger charge is 2.30. The molecule has 5 nitrogen and oxygen atoms in total. The Labute approximate surface area is 137 Å². The van der Waals surface area contributed by atoms with E-state index in [1.165, 1.54) is 6.92 Å². The van der Waals surface area contributed by atoms with E-state index in [9.17, 15) is 22.8 Å². The molecule has 1 aliphatic heterocycles. The first-order valence-corrected chi connectivity index (χ1v) is 7.62. The molecule has 1 atom stereocenters. The lowest BCUT2D eigenvalue weighted by molar-refractivity contribution is -0.185. The van der Waals surface area contributed by atoms with E-state index in [1.54, 1.807) is 4.90 Å². The molecule has 0 spiro atoms. The number of hydrogen-bond acceptors (Lipinski definition) is 3. The number of carbonyl (C=O) groups excluding carboxylic acids is 2. The lowest BCUT2D eigenvalue weighted by atomic mass is 10.0. The molecule has 1 heterocycles. The number of fused-ring (bicyclic) bond motifs is 1. The van der Waals surface area contributed by atoms with Crippen molar-refractivity contribution in [2.45, 2.75) is 32.0 Å². The predicted molar refractivity (Wildman–Crippen MR) is 81.6 cm³/mol. The average molecular weight is 344 g/mol. The van der Waals surface area contributed by atoms with Crippen molar-refractivity contribution >= 4 is 17.5 Å². The van der Waals surface area contributed by atoms with E-state index < -0.39 is 24.8 Å². The van der Waals surface area contributed by atoms with Gasteiger partial charge >= 0.3 is 6.18 Å². The highest BCUT2D eigenvalue weighted by atomic mass is 19.4. The summed E-state index contributed by atoms with van der Waals surface area (Å²) in [6.45, 7) is -0.0322. The van der Waals surface area contributed by atoms with Gasteiger partial charge in [-0.25, -0.2) is 0 Å². The molecule has 0 unspecified atom stereocenters. The Balaban J connectivity index is 1.86. The van der Waals surface area contributed by atoms with Crippen molar-refractivity contribution in [3.63, 3.8) is 0 Å². The highest BCUT2D eigenvalue weighted by Crippen LogP contribution is 2.26. The minimum absolute atomic E-state index is 0.285. The highest BCUT2D eigenvalue weighted by molar-refractivity contribution is 5.98. The Kier molecular flexibility index (Phi) is 5.82. The quantitative estimate of drug-likeness (QED) is 0.889. The molecule has 1 aromatic carbocycles. The Morgan fingerprint density at radius 2 is 2.04 bits per heavy atom. The molecule has 1 N–H and O–H groups in total. The number of halogens is 3. The van der Waals surface area contributed by atoms with Crippen LogP contribution < -0.4 is 10.2 Å². The number of anilines is 1. The summed E-state index contributed by atoms with van der Waals surface area (Å²) in [7, 11) is 0. The summed E-state index contributed by atoms with van der Waals surface area (Å²) >= 11 is 0. The molecule has 2 rings (SSSR count). The number of hydrogen-bond donors (Lipinski definition) is 1. The molecule has 1 aliphatic rings. The summed E-state index contributed by atoms with van der Waals surface area (Å²) in [5.74, 6) is -1.06. The van der Waals surface area contributed by atoms with Crippen LogP contribution >= 0.6 is 0 Å². The van der Waals surface area contributed by atoms with E-state index in [4.69, 9.17) is 0 Å². The van der Waals surface area contributed by atoms with Crippen LogP contribution in [0.1, 0.15) is 18.9 Å². The van der Waals surface area contributed by atoms with Gasteiger partial charge in [-0.3, -0.25) is 9.59 Å². The van der Waals surface area contributed by atoms with Gasteiger partial charge in [0.05, 0.1) is 6.54 Å². The van der Waals surface area contributed by atoms with Crippen LogP contribution in [0.25, 0.3) is 0 Å². The fourth-order valence-corrected chi connectivity index (χ4v) is 2.49. The Hall–Kier alpha value is -2.09. The molecule has 0 radical (unpaired) electrons. The second-order valence-corrected chi connectivity index (χ2v) is 5.56. The van der Waals surface area contributed by atoms with Crippen LogP contribution in [0.3, 0.4) is 0 Å².